The average molecular weight is 196 g/mol. The van der Waals surface area contributed by atoms with Gasteiger partial charge in [0.15, 0.2) is 0 Å². The van der Waals surface area contributed by atoms with Crippen LogP contribution < -0.4 is 0 Å². The highest BCUT2D eigenvalue weighted by Gasteiger charge is 2.40. The van der Waals surface area contributed by atoms with Crippen LogP contribution in [0.15, 0.2) is 30.5 Å². The molecule has 1 N–H and O–H groups in total. The summed E-state index contributed by atoms with van der Waals surface area (Å²) >= 11 is 0. The van der Waals surface area contributed by atoms with Crippen molar-refractivity contribution in [3.63, 3.8) is 0 Å². The molecule has 0 spiro atoms. The number of nitrogens with zero attached hydrogens (tertiary/aromatic N) is 1. The van der Waals surface area contributed by atoms with Gasteiger partial charge in [-0.05, 0) is 36.3 Å². The first-order valence-corrected chi connectivity index (χ1v) is 5.34. The van der Waals surface area contributed by atoms with Crippen LogP contribution in [0.25, 0.3) is 10.9 Å². The Morgan fingerprint density at radius 1 is 1.27 bits per heavy atom. The fourth-order valence-electron chi connectivity index (χ4n) is 2.46. The molecule has 1 heterocycles. The van der Waals surface area contributed by atoms with Gasteiger partial charge in [0.1, 0.15) is 0 Å². The van der Waals surface area contributed by atoms with E-state index in [0.717, 1.165) is 18.4 Å². The molecule has 1 aliphatic rings. The van der Waals surface area contributed by atoms with Crippen molar-refractivity contribution in [3.05, 3.63) is 36.0 Å². The number of H-pyrrole nitrogens is 1. The number of nitrogens with one attached hydrogen (secondary N) is 1. The van der Waals surface area contributed by atoms with Gasteiger partial charge in [-0.25, -0.2) is 0 Å². The number of fused-ring (bicyclic) bond motifs is 1. The van der Waals surface area contributed by atoms with E-state index in [1.807, 2.05) is 12.3 Å². The number of hydrogen-bond acceptors (Lipinski definition) is 1. The average Bonchev–Trinajstić information content (AvgIpc) is 2.65. The Morgan fingerprint density at radius 2 is 2.13 bits per heavy atom. The Labute approximate surface area is 88.5 Å². The number of aromatic nitrogens is 1. The lowest BCUT2D eigenvalue weighted by molar-refractivity contribution is 0.326. The highest BCUT2D eigenvalue weighted by molar-refractivity contribution is 5.84. The van der Waals surface area contributed by atoms with Crippen molar-refractivity contribution in [3.8, 4) is 6.07 Å². The summed E-state index contributed by atoms with van der Waals surface area (Å²) in [4.78, 5) is 3.25. The van der Waals surface area contributed by atoms with Crippen molar-refractivity contribution in [1.29, 1.82) is 5.26 Å². The van der Waals surface area contributed by atoms with Gasteiger partial charge in [0.25, 0.3) is 0 Å². The van der Waals surface area contributed by atoms with Crippen LogP contribution in [-0.2, 0) is 5.41 Å². The number of nitriles is 1. The zero-order chi connectivity index (χ0) is 10.3. The molecule has 2 aromatic rings. The van der Waals surface area contributed by atoms with Crippen LogP contribution >= 0.6 is 0 Å². The first kappa shape index (κ1) is 8.55. The summed E-state index contributed by atoms with van der Waals surface area (Å²) in [6.07, 6.45) is 5.12. The third kappa shape index (κ3) is 1.04. The Hall–Kier alpha value is -1.75. The molecule has 1 saturated carbocycles. The minimum atomic E-state index is -0.218. The van der Waals surface area contributed by atoms with Crippen molar-refractivity contribution in [2.75, 3.05) is 0 Å². The van der Waals surface area contributed by atoms with Crippen LogP contribution in [0.4, 0.5) is 0 Å². The lowest BCUT2D eigenvalue weighted by atomic mass is 9.65. The summed E-state index contributed by atoms with van der Waals surface area (Å²) in [5.74, 6) is 0. The molecular formula is C13H12N2. The quantitative estimate of drug-likeness (QED) is 0.747. The van der Waals surface area contributed by atoms with Crippen molar-refractivity contribution in [1.82, 2.24) is 4.98 Å². The molecule has 0 radical (unpaired) electrons. The van der Waals surface area contributed by atoms with Gasteiger partial charge >= 0.3 is 0 Å². The summed E-state index contributed by atoms with van der Waals surface area (Å²) in [6.45, 7) is 0. The number of para-hydroxylation sites is 1. The van der Waals surface area contributed by atoms with Crippen LogP contribution in [-0.4, -0.2) is 4.98 Å². The third-order valence-corrected chi connectivity index (χ3v) is 3.52. The zero-order valence-corrected chi connectivity index (χ0v) is 8.46. The van der Waals surface area contributed by atoms with Crippen LogP contribution in [0, 0.1) is 11.3 Å². The molecule has 2 heteroatoms. The van der Waals surface area contributed by atoms with Crippen LogP contribution in [0.3, 0.4) is 0 Å². The third-order valence-electron chi connectivity index (χ3n) is 3.52. The van der Waals surface area contributed by atoms with E-state index in [9.17, 15) is 5.26 Å². The molecular weight excluding hydrogens is 184 g/mol. The molecule has 1 aromatic heterocycles. The van der Waals surface area contributed by atoms with E-state index in [4.69, 9.17) is 0 Å². The van der Waals surface area contributed by atoms with Crippen LogP contribution in [0.2, 0.25) is 0 Å². The summed E-state index contributed by atoms with van der Waals surface area (Å²) in [7, 11) is 0. The maximum atomic E-state index is 9.32. The maximum absolute atomic E-state index is 9.32. The molecule has 0 aliphatic heterocycles. The molecule has 74 valence electrons. The van der Waals surface area contributed by atoms with Crippen molar-refractivity contribution in [2.45, 2.75) is 24.7 Å². The lowest BCUT2D eigenvalue weighted by Crippen LogP contribution is -2.32. The van der Waals surface area contributed by atoms with Crippen molar-refractivity contribution in [2.24, 2.45) is 0 Å². The second-order valence-corrected chi connectivity index (χ2v) is 4.29. The van der Waals surface area contributed by atoms with Crippen LogP contribution in [0.1, 0.15) is 24.8 Å². The fraction of sp³-hybridized carbons (Fsp3) is 0.308. The molecule has 0 atom stereocenters. The monoisotopic (exact) mass is 196 g/mol. The Balaban J connectivity index is 2.27. The Bertz CT molecular complexity index is 541. The minimum absolute atomic E-state index is 0.218. The van der Waals surface area contributed by atoms with Gasteiger partial charge in [-0.15, -0.1) is 0 Å². The molecule has 0 unspecified atom stereocenters. The standard InChI is InChI=1S/C13H12N2/c14-9-13(6-2-7-13)11-4-1-3-10-5-8-15-12(10)11/h1,3-5,8,15H,2,6-7H2. The molecule has 0 bridgehead atoms. The largest absolute Gasteiger partial charge is 0.361 e. The zero-order valence-electron chi connectivity index (χ0n) is 8.46. The Morgan fingerprint density at radius 3 is 2.80 bits per heavy atom. The highest BCUT2D eigenvalue weighted by Crippen LogP contribution is 2.45. The second-order valence-electron chi connectivity index (χ2n) is 4.29. The fourth-order valence-corrected chi connectivity index (χ4v) is 2.46. The van der Waals surface area contributed by atoms with Gasteiger partial charge in [-0.2, -0.15) is 5.26 Å². The van der Waals surface area contributed by atoms with E-state index in [2.05, 4.69) is 29.3 Å². The normalized spacial score (nSPS) is 18.3. The van der Waals surface area contributed by atoms with Gasteiger partial charge in [-0.1, -0.05) is 18.2 Å². The van der Waals surface area contributed by atoms with Gasteiger partial charge in [0, 0.05) is 6.20 Å². The molecule has 3 rings (SSSR count). The predicted molar refractivity (Wildman–Crippen MR) is 59.4 cm³/mol. The maximum Gasteiger partial charge on any atom is 0.0842 e. The molecule has 1 aromatic carbocycles. The number of rotatable bonds is 1. The summed E-state index contributed by atoms with van der Waals surface area (Å²) in [5.41, 5.74) is 2.10. The SMILES string of the molecule is N#CC1(c2cccc3cc[nH]c23)CCC1. The summed E-state index contributed by atoms with van der Waals surface area (Å²) in [5, 5.41) is 10.5. The molecule has 0 saturated heterocycles. The molecule has 0 amide bonds. The topological polar surface area (TPSA) is 39.6 Å². The van der Waals surface area contributed by atoms with Gasteiger partial charge in [0.05, 0.1) is 17.0 Å². The van der Waals surface area contributed by atoms with E-state index in [1.165, 1.54) is 17.4 Å². The van der Waals surface area contributed by atoms with Crippen molar-refractivity contribution < 1.29 is 0 Å². The highest BCUT2D eigenvalue weighted by atomic mass is 14.7. The number of aromatic amines is 1. The van der Waals surface area contributed by atoms with Crippen LogP contribution in [0.5, 0.6) is 0 Å². The predicted octanol–water partition coefficient (Wildman–Crippen LogP) is 3.11. The van der Waals surface area contributed by atoms with E-state index in [-0.39, 0.29) is 5.41 Å². The first-order chi connectivity index (χ1) is 7.36. The van der Waals surface area contributed by atoms with Crippen molar-refractivity contribution >= 4 is 10.9 Å². The van der Waals surface area contributed by atoms with E-state index in [0.29, 0.717) is 0 Å². The smallest absolute Gasteiger partial charge is 0.0842 e. The van der Waals surface area contributed by atoms with E-state index >= 15 is 0 Å². The second kappa shape index (κ2) is 2.87. The van der Waals surface area contributed by atoms with Gasteiger partial charge in [-0.3, -0.25) is 0 Å². The molecule has 1 fully saturated rings. The summed E-state index contributed by atoms with van der Waals surface area (Å²) in [6, 6.07) is 10.8. The lowest BCUT2D eigenvalue weighted by Gasteiger charge is -2.35. The van der Waals surface area contributed by atoms with Gasteiger partial charge in [0.2, 0.25) is 0 Å². The summed E-state index contributed by atoms with van der Waals surface area (Å²) < 4.78 is 0. The Kier molecular flexibility index (Phi) is 1.63. The minimum Gasteiger partial charge on any atom is -0.361 e. The molecule has 2 nitrogen and oxygen atoms in total. The van der Waals surface area contributed by atoms with E-state index < -0.39 is 0 Å². The number of hydrogen-bond donors (Lipinski definition) is 1. The van der Waals surface area contributed by atoms with E-state index in [1.54, 1.807) is 0 Å². The first-order valence-electron chi connectivity index (χ1n) is 5.34. The van der Waals surface area contributed by atoms with Gasteiger partial charge < -0.3 is 4.98 Å². The number of benzene rings is 1. The molecule has 1 aliphatic carbocycles. The molecule has 15 heavy (non-hydrogen) atoms.